The van der Waals surface area contributed by atoms with E-state index in [0.717, 1.165) is 31.5 Å². The first-order chi connectivity index (χ1) is 10.2. The van der Waals surface area contributed by atoms with Crippen molar-refractivity contribution in [1.29, 1.82) is 0 Å². The molecule has 0 amide bonds. The number of nitrogens with one attached hydrogen (secondary N) is 1. The Morgan fingerprint density at radius 1 is 1.29 bits per heavy atom. The fourth-order valence-corrected chi connectivity index (χ4v) is 4.51. The molecule has 21 heavy (non-hydrogen) atoms. The number of unbranched alkanes of at least 4 members (excludes halogenated alkanes) is 1. The van der Waals surface area contributed by atoms with Crippen molar-refractivity contribution in [2.24, 2.45) is 0 Å². The van der Waals surface area contributed by atoms with Crippen LogP contribution in [0.1, 0.15) is 24.4 Å². The third-order valence-corrected chi connectivity index (χ3v) is 5.62. The van der Waals surface area contributed by atoms with E-state index in [1.807, 2.05) is 24.7 Å². The summed E-state index contributed by atoms with van der Waals surface area (Å²) in [6.07, 6.45) is 7.60. The average Bonchev–Trinajstić information content (AvgIpc) is 3.06. The topological polar surface area (TPSA) is 64.0 Å². The van der Waals surface area contributed by atoms with Gasteiger partial charge in [-0.15, -0.1) is 0 Å². The summed E-state index contributed by atoms with van der Waals surface area (Å²) < 4.78 is 26.2. The monoisotopic (exact) mass is 305 g/mol. The molecule has 0 bridgehead atoms. The molecular formula is C15H19N3O2S. The van der Waals surface area contributed by atoms with Gasteiger partial charge in [-0.2, -0.15) is 0 Å². The van der Waals surface area contributed by atoms with E-state index in [1.165, 1.54) is 0 Å². The number of hydrogen-bond donors (Lipinski definition) is 1. The quantitative estimate of drug-likeness (QED) is 0.826. The lowest BCUT2D eigenvalue weighted by Gasteiger charge is -2.12. The predicted octanol–water partition coefficient (Wildman–Crippen LogP) is 1.78. The highest BCUT2D eigenvalue weighted by Gasteiger charge is 2.33. The Balaban J connectivity index is 1.50. The van der Waals surface area contributed by atoms with Crippen molar-refractivity contribution in [2.45, 2.75) is 30.3 Å². The fraction of sp³-hybridized carbons (Fsp3) is 0.400. The van der Waals surface area contributed by atoms with Gasteiger partial charge in [0, 0.05) is 25.0 Å². The minimum absolute atomic E-state index is 0.0700. The Kier molecular flexibility index (Phi) is 4.07. The van der Waals surface area contributed by atoms with Crippen molar-refractivity contribution in [2.75, 3.05) is 12.3 Å². The van der Waals surface area contributed by atoms with Gasteiger partial charge < -0.3 is 9.88 Å². The van der Waals surface area contributed by atoms with Crippen LogP contribution in [0.3, 0.4) is 0 Å². The Morgan fingerprint density at radius 2 is 2.14 bits per heavy atom. The number of aryl methyl sites for hydroxylation is 1. The van der Waals surface area contributed by atoms with Crippen LogP contribution >= 0.6 is 0 Å². The zero-order chi connectivity index (χ0) is 14.7. The number of nitrogens with zero attached hydrogens (tertiary/aromatic N) is 2. The number of hydrogen-bond acceptors (Lipinski definition) is 4. The second-order valence-electron chi connectivity index (χ2n) is 5.33. The zero-order valence-corrected chi connectivity index (χ0v) is 12.6. The lowest BCUT2D eigenvalue weighted by atomic mass is 10.1. The van der Waals surface area contributed by atoms with Crippen LogP contribution in [0.25, 0.3) is 0 Å². The number of fused-ring (bicyclic) bond motifs is 1. The number of rotatable bonds is 6. The summed E-state index contributed by atoms with van der Waals surface area (Å²) in [6.45, 7) is 1.77. The zero-order valence-electron chi connectivity index (χ0n) is 11.8. The van der Waals surface area contributed by atoms with Crippen molar-refractivity contribution in [3.8, 4) is 0 Å². The molecule has 2 heterocycles. The standard InChI is InChI=1S/C15H19N3O2S/c19-21(20)11-14(13-5-1-2-6-15(13)21)17-7-3-4-9-18-10-8-16-12-18/h1-2,5-6,8,10,12,14,17H,3-4,7,9,11H2. The van der Waals surface area contributed by atoms with Crippen LogP contribution in [0.15, 0.2) is 47.9 Å². The Bertz CT molecular complexity index is 695. The van der Waals surface area contributed by atoms with Gasteiger partial charge in [0.15, 0.2) is 9.84 Å². The molecule has 1 N–H and O–H groups in total. The molecule has 0 spiro atoms. The highest BCUT2D eigenvalue weighted by Crippen LogP contribution is 2.32. The molecule has 112 valence electrons. The molecular weight excluding hydrogens is 286 g/mol. The molecule has 1 unspecified atom stereocenters. The second-order valence-corrected chi connectivity index (χ2v) is 7.34. The van der Waals surface area contributed by atoms with Crippen LogP contribution in [0, 0.1) is 0 Å². The average molecular weight is 305 g/mol. The molecule has 0 saturated carbocycles. The smallest absolute Gasteiger partial charge is 0.180 e. The number of benzene rings is 1. The number of aromatic nitrogens is 2. The van der Waals surface area contributed by atoms with Crippen LogP contribution in [0.4, 0.5) is 0 Å². The first-order valence-corrected chi connectivity index (χ1v) is 8.83. The summed E-state index contributed by atoms with van der Waals surface area (Å²) in [7, 11) is -3.11. The molecule has 0 saturated heterocycles. The molecule has 3 rings (SSSR count). The summed E-state index contributed by atoms with van der Waals surface area (Å²) in [5.41, 5.74) is 0.909. The first kappa shape index (κ1) is 14.3. The Labute approximate surface area is 124 Å². The molecule has 6 heteroatoms. The lowest BCUT2D eigenvalue weighted by molar-refractivity contribution is 0.524. The summed E-state index contributed by atoms with van der Waals surface area (Å²) in [4.78, 5) is 4.49. The van der Waals surface area contributed by atoms with E-state index in [9.17, 15) is 8.42 Å². The predicted molar refractivity (Wildman–Crippen MR) is 80.7 cm³/mol. The molecule has 2 aromatic rings. The van der Waals surface area contributed by atoms with E-state index in [2.05, 4.69) is 14.9 Å². The molecule has 1 atom stereocenters. The van der Waals surface area contributed by atoms with Gasteiger partial charge in [-0.25, -0.2) is 13.4 Å². The molecule has 5 nitrogen and oxygen atoms in total. The van der Waals surface area contributed by atoms with Crippen molar-refractivity contribution in [1.82, 2.24) is 14.9 Å². The van der Waals surface area contributed by atoms with E-state index in [-0.39, 0.29) is 11.8 Å². The van der Waals surface area contributed by atoms with Crippen LogP contribution in [0.2, 0.25) is 0 Å². The maximum atomic E-state index is 12.1. The van der Waals surface area contributed by atoms with Gasteiger partial charge >= 0.3 is 0 Å². The van der Waals surface area contributed by atoms with E-state index in [1.54, 1.807) is 18.3 Å². The van der Waals surface area contributed by atoms with Crippen LogP contribution < -0.4 is 5.32 Å². The van der Waals surface area contributed by atoms with Gasteiger partial charge in [0.25, 0.3) is 0 Å². The summed E-state index contributed by atoms with van der Waals surface area (Å²) in [5.74, 6) is 0.174. The number of imidazole rings is 1. The van der Waals surface area contributed by atoms with E-state index >= 15 is 0 Å². The van der Waals surface area contributed by atoms with Crippen molar-refractivity contribution in [3.63, 3.8) is 0 Å². The van der Waals surface area contributed by atoms with Crippen LogP contribution in [-0.2, 0) is 16.4 Å². The largest absolute Gasteiger partial charge is 0.337 e. The maximum absolute atomic E-state index is 12.1. The Morgan fingerprint density at radius 3 is 2.95 bits per heavy atom. The minimum Gasteiger partial charge on any atom is -0.337 e. The van der Waals surface area contributed by atoms with Crippen molar-refractivity contribution >= 4 is 9.84 Å². The molecule has 0 radical (unpaired) electrons. The van der Waals surface area contributed by atoms with Gasteiger partial charge in [0.05, 0.1) is 17.0 Å². The molecule has 1 aliphatic rings. The van der Waals surface area contributed by atoms with Crippen molar-refractivity contribution in [3.05, 3.63) is 48.5 Å². The van der Waals surface area contributed by atoms with Gasteiger partial charge in [0.1, 0.15) is 0 Å². The summed E-state index contributed by atoms with van der Waals surface area (Å²) >= 11 is 0. The fourth-order valence-electron chi connectivity index (χ4n) is 2.73. The molecule has 1 aromatic heterocycles. The number of sulfone groups is 1. The molecule has 1 aliphatic heterocycles. The lowest BCUT2D eigenvalue weighted by Crippen LogP contribution is -2.24. The summed E-state index contributed by atoms with van der Waals surface area (Å²) in [5, 5.41) is 3.37. The van der Waals surface area contributed by atoms with Gasteiger partial charge in [-0.05, 0) is 31.0 Å². The second kappa shape index (κ2) is 5.99. The van der Waals surface area contributed by atoms with E-state index in [4.69, 9.17) is 0 Å². The molecule has 0 fully saturated rings. The van der Waals surface area contributed by atoms with Crippen LogP contribution in [0.5, 0.6) is 0 Å². The third-order valence-electron chi connectivity index (χ3n) is 3.81. The van der Waals surface area contributed by atoms with Gasteiger partial charge in [-0.1, -0.05) is 18.2 Å². The van der Waals surface area contributed by atoms with Gasteiger partial charge in [-0.3, -0.25) is 0 Å². The first-order valence-electron chi connectivity index (χ1n) is 7.17. The SMILES string of the molecule is O=S1(=O)CC(NCCCCn2ccnc2)c2ccccc21. The highest BCUT2D eigenvalue weighted by molar-refractivity contribution is 7.91. The Hall–Kier alpha value is -1.66. The van der Waals surface area contributed by atoms with Crippen molar-refractivity contribution < 1.29 is 8.42 Å². The molecule has 1 aromatic carbocycles. The van der Waals surface area contributed by atoms with E-state index in [0.29, 0.717) is 4.90 Å². The van der Waals surface area contributed by atoms with Gasteiger partial charge in [0.2, 0.25) is 0 Å². The molecule has 0 aliphatic carbocycles. The normalized spacial score (nSPS) is 19.5. The highest BCUT2D eigenvalue weighted by atomic mass is 32.2. The minimum atomic E-state index is -3.11. The third kappa shape index (κ3) is 3.16. The van der Waals surface area contributed by atoms with E-state index < -0.39 is 9.84 Å². The summed E-state index contributed by atoms with van der Waals surface area (Å²) in [6, 6.07) is 7.21. The maximum Gasteiger partial charge on any atom is 0.180 e. The van der Waals surface area contributed by atoms with Crippen LogP contribution in [-0.4, -0.2) is 30.3 Å².